The molecule has 3 heteroatoms. The Kier molecular flexibility index (Phi) is 5.64. The van der Waals surface area contributed by atoms with Crippen molar-refractivity contribution in [1.29, 1.82) is 5.41 Å². The van der Waals surface area contributed by atoms with Crippen molar-refractivity contribution < 1.29 is 0 Å². The summed E-state index contributed by atoms with van der Waals surface area (Å²) in [7, 11) is 2.25. The number of nitrogens with zero attached hydrogens (tertiary/aromatic N) is 1. The largest absolute Gasteiger partial charge is 0.387 e. The topological polar surface area (TPSA) is 53.1 Å². The summed E-state index contributed by atoms with van der Waals surface area (Å²) >= 11 is 0. The minimum absolute atomic E-state index is 0.137. The van der Waals surface area contributed by atoms with Crippen LogP contribution in [0.15, 0.2) is 0 Å². The molecule has 0 aromatic heterocycles. The Labute approximate surface area is 113 Å². The Hall–Kier alpha value is -0.570. The van der Waals surface area contributed by atoms with Gasteiger partial charge in [-0.1, -0.05) is 20.8 Å². The fourth-order valence-corrected chi connectivity index (χ4v) is 2.77. The van der Waals surface area contributed by atoms with Crippen molar-refractivity contribution in [3.63, 3.8) is 0 Å². The molecule has 0 aromatic carbocycles. The number of rotatable bonds is 6. The average Bonchev–Trinajstić information content (AvgIpc) is 2.29. The first-order valence-electron chi connectivity index (χ1n) is 7.37. The first kappa shape index (κ1) is 15.5. The molecule has 1 rings (SSSR count). The van der Waals surface area contributed by atoms with E-state index >= 15 is 0 Å². The smallest absolute Gasteiger partial charge is 0.0963 e. The van der Waals surface area contributed by atoms with Crippen LogP contribution >= 0.6 is 0 Å². The first-order valence-corrected chi connectivity index (χ1v) is 7.37. The van der Waals surface area contributed by atoms with Crippen LogP contribution in [0.1, 0.15) is 59.3 Å². The molecule has 1 fully saturated rings. The molecule has 1 aliphatic rings. The molecule has 1 aliphatic carbocycles. The van der Waals surface area contributed by atoms with Crippen LogP contribution in [0.5, 0.6) is 0 Å². The van der Waals surface area contributed by atoms with E-state index in [2.05, 4.69) is 32.7 Å². The molecule has 0 aromatic rings. The maximum absolute atomic E-state index is 7.57. The lowest BCUT2D eigenvalue weighted by Crippen LogP contribution is -2.36. The molecule has 0 aliphatic heterocycles. The van der Waals surface area contributed by atoms with Crippen LogP contribution in [0.3, 0.4) is 0 Å². The molecular weight excluding hydrogens is 222 g/mol. The summed E-state index contributed by atoms with van der Waals surface area (Å²) in [4.78, 5) is 2.52. The highest BCUT2D eigenvalue weighted by molar-refractivity contribution is 5.82. The van der Waals surface area contributed by atoms with Crippen LogP contribution < -0.4 is 5.73 Å². The summed E-state index contributed by atoms with van der Waals surface area (Å²) < 4.78 is 0. The number of nitrogens with two attached hydrogens (primary N) is 1. The summed E-state index contributed by atoms with van der Waals surface area (Å²) in [6.45, 7) is 7.64. The zero-order chi connectivity index (χ0) is 13.8. The molecule has 0 radical (unpaired) electrons. The van der Waals surface area contributed by atoms with E-state index in [1.807, 2.05) is 0 Å². The second-order valence-corrected chi connectivity index (χ2v) is 6.80. The van der Waals surface area contributed by atoms with Gasteiger partial charge >= 0.3 is 0 Å². The zero-order valence-corrected chi connectivity index (χ0v) is 12.6. The minimum atomic E-state index is -0.137. The maximum atomic E-state index is 7.57. The van der Waals surface area contributed by atoms with E-state index in [0.717, 1.165) is 31.3 Å². The van der Waals surface area contributed by atoms with Crippen LogP contribution in [0.25, 0.3) is 0 Å². The summed E-state index contributed by atoms with van der Waals surface area (Å²) in [6, 6.07) is 0.779. The zero-order valence-electron chi connectivity index (χ0n) is 12.6. The Morgan fingerprint density at radius 3 is 2.33 bits per heavy atom. The predicted octanol–water partition coefficient (Wildman–Crippen LogP) is 3.24. The second kappa shape index (κ2) is 6.55. The molecule has 18 heavy (non-hydrogen) atoms. The molecule has 0 heterocycles. The molecule has 0 amide bonds. The number of hydrogen-bond donors (Lipinski definition) is 2. The van der Waals surface area contributed by atoms with E-state index in [4.69, 9.17) is 11.1 Å². The summed E-state index contributed by atoms with van der Waals surface area (Å²) in [5.74, 6) is 1.24. The highest BCUT2D eigenvalue weighted by Crippen LogP contribution is 2.27. The molecule has 3 N–H and O–H groups in total. The first-order chi connectivity index (χ1) is 8.33. The van der Waals surface area contributed by atoms with Gasteiger partial charge in [0.2, 0.25) is 0 Å². The van der Waals surface area contributed by atoms with Crippen molar-refractivity contribution in [3.05, 3.63) is 0 Å². The Morgan fingerprint density at radius 1 is 1.28 bits per heavy atom. The second-order valence-electron chi connectivity index (χ2n) is 6.80. The Morgan fingerprint density at radius 2 is 1.83 bits per heavy atom. The Balaban J connectivity index is 2.25. The van der Waals surface area contributed by atoms with E-state index in [-0.39, 0.29) is 5.41 Å². The van der Waals surface area contributed by atoms with Gasteiger partial charge in [0.15, 0.2) is 0 Å². The maximum Gasteiger partial charge on any atom is 0.0963 e. The number of amidine groups is 1. The molecule has 1 saturated carbocycles. The monoisotopic (exact) mass is 253 g/mol. The highest BCUT2D eigenvalue weighted by Gasteiger charge is 2.24. The fourth-order valence-electron chi connectivity index (χ4n) is 2.77. The van der Waals surface area contributed by atoms with Crippen LogP contribution in [0, 0.1) is 16.7 Å². The lowest BCUT2D eigenvalue weighted by molar-refractivity contribution is 0.165. The predicted molar refractivity (Wildman–Crippen MR) is 79.0 cm³/mol. The molecular formula is C15H31N3. The third kappa shape index (κ3) is 4.60. The van der Waals surface area contributed by atoms with Gasteiger partial charge in [0.25, 0.3) is 0 Å². The molecule has 0 unspecified atom stereocenters. The SMILES string of the molecule is CC1CCC(N(C)CCCC(C)(C)C(=N)N)CC1. The third-order valence-corrected chi connectivity index (χ3v) is 4.65. The van der Waals surface area contributed by atoms with Gasteiger partial charge in [-0.2, -0.15) is 0 Å². The van der Waals surface area contributed by atoms with E-state index in [1.165, 1.54) is 25.7 Å². The lowest BCUT2D eigenvalue weighted by atomic mass is 9.85. The molecule has 0 atom stereocenters. The van der Waals surface area contributed by atoms with Gasteiger partial charge in [0.05, 0.1) is 5.84 Å². The Bertz CT molecular complexity index is 265. The lowest BCUT2D eigenvalue weighted by Gasteiger charge is -2.34. The van der Waals surface area contributed by atoms with Crippen molar-refractivity contribution >= 4 is 5.84 Å². The number of hydrogen-bond acceptors (Lipinski definition) is 2. The van der Waals surface area contributed by atoms with Crippen molar-refractivity contribution in [2.75, 3.05) is 13.6 Å². The van der Waals surface area contributed by atoms with E-state index in [1.54, 1.807) is 0 Å². The summed E-state index contributed by atoms with van der Waals surface area (Å²) in [5.41, 5.74) is 5.48. The van der Waals surface area contributed by atoms with E-state index in [9.17, 15) is 0 Å². The molecule has 0 bridgehead atoms. The van der Waals surface area contributed by atoms with E-state index in [0.29, 0.717) is 5.84 Å². The van der Waals surface area contributed by atoms with Gasteiger partial charge < -0.3 is 10.6 Å². The molecule has 106 valence electrons. The fraction of sp³-hybridized carbons (Fsp3) is 0.933. The number of nitrogens with one attached hydrogen (secondary N) is 1. The van der Waals surface area contributed by atoms with Crippen molar-refractivity contribution in [2.45, 2.75) is 65.3 Å². The van der Waals surface area contributed by atoms with Crippen LogP contribution in [-0.2, 0) is 0 Å². The molecule has 0 saturated heterocycles. The average molecular weight is 253 g/mol. The van der Waals surface area contributed by atoms with Crippen LogP contribution in [-0.4, -0.2) is 30.4 Å². The summed E-state index contributed by atoms with van der Waals surface area (Å²) in [6.07, 6.45) is 7.62. The normalized spacial score (nSPS) is 25.4. The van der Waals surface area contributed by atoms with Gasteiger partial charge in [-0.25, -0.2) is 0 Å². The molecule has 0 spiro atoms. The van der Waals surface area contributed by atoms with Gasteiger partial charge in [-0.3, -0.25) is 5.41 Å². The highest BCUT2D eigenvalue weighted by atomic mass is 15.1. The van der Waals surface area contributed by atoms with Crippen molar-refractivity contribution in [2.24, 2.45) is 17.1 Å². The van der Waals surface area contributed by atoms with Gasteiger partial charge in [-0.15, -0.1) is 0 Å². The third-order valence-electron chi connectivity index (χ3n) is 4.65. The quantitative estimate of drug-likeness (QED) is 0.564. The van der Waals surface area contributed by atoms with Crippen LogP contribution in [0.4, 0.5) is 0 Å². The molecule has 3 nitrogen and oxygen atoms in total. The van der Waals surface area contributed by atoms with Gasteiger partial charge in [0.1, 0.15) is 0 Å². The van der Waals surface area contributed by atoms with Crippen molar-refractivity contribution in [3.8, 4) is 0 Å². The van der Waals surface area contributed by atoms with Gasteiger partial charge in [0, 0.05) is 11.5 Å². The van der Waals surface area contributed by atoms with Crippen LogP contribution in [0.2, 0.25) is 0 Å². The van der Waals surface area contributed by atoms with E-state index < -0.39 is 0 Å². The van der Waals surface area contributed by atoms with Gasteiger partial charge in [-0.05, 0) is 58.0 Å². The minimum Gasteiger partial charge on any atom is -0.387 e. The standard InChI is InChI=1S/C15H31N3/c1-12-6-8-13(9-7-12)18(4)11-5-10-15(2,3)14(16)17/h12-13H,5-11H2,1-4H3,(H3,16,17). The van der Waals surface area contributed by atoms with Crippen molar-refractivity contribution in [1.82, 2.24) is 4.90 Å². The summed E-state index contributed by atoms with van der Waals surface area (Å²) in [5, 5.41) is 7.57.